The van der Waals surface area contributed by atoms with Gasteiger partial charge in [0.15, 0.2) is 0 Å². The molecular weight excluding hydrogens is 216 g/mol. The summed E-state index contributed by atoms with van der Waals surface area (Å²) in [6.07, 6.45) is 2.13. The van der Waals surface area contributed by atoms with Crippen LogP contribution in [0.2, 0.25) is 0 Å². The van der Waals surface area contributed by atoms with Crippen LogP contribution in [-0.4, -0.2) is 24.3 Å². The quantitative estimate of drug-likeness (QED) is 0.488. The number of aliphatic hydroxyl groups is 1. The lowest BCUT2D eigenvalue weighted by molar-refractivity contribution is -0.136. The van der Waals surface area contributed by atoms with Gasteiger partial charge in [-0.1, -0.05) is 49.1 Å². The van der Waals surface area contributed by atoms with Gasteiger partial charge < -0.3 is 9.84 Å². The number of carbonyl (C=O) groups excluding carboxylic acids is 1. The van der Waals surface area contributed by atoms with Crippen molar-refractivity contribution in [1.82, 2.24) is 0 Å². The van der Waals surface area contributed by atoms with Gasteiger partial charge >= 0.3 is 5.97 Å². The summed E-state index contributed by atoms with van der Waals surface area (Å²) < 4.78 is 4.50. The zero-order valence-electron chi connectivity index (χ0n) is 9.59. The Labute approximate surface area is 100 Å². The maximum atomic E-state index is 11.2. The van der Waals surface area contributed by atoms with Crippen LogP contribution < -0.4 is 0 Å². The number of ether oxygens (including phenoxy) is 1. The number of rotatable bonds is 4. The van der Waals surface area contributed by atoms with Gasteiger partial charge in [0.05, 0.1) is 7.11 Å². The van der Waals surface area contributed by atoms with E-state index in [0.717, 1.165) is 5.56 Å². The van der Waals surface area contributed by atoms with Crippen molar-refractivity contribution in [2.45, 2.75) is 6.10 Å². The molecule has 0 saturated carbocycles. The summed E-state index contributed by atoms with van der Waals surface area (Å²) in [7, 11) is 1.24. The van der Waals surface area contributed by atoms with E-state index in [9.17, 15) is 9.90 Å². The first-order valence-electron chi connectivity index (χ1n) is 5.08. The first-order valence-corrected chi connectivity index (χ1v) is 5.08. The number of hydrogen-bond donors (Lipinski definition) is 1. The minimum atomic E-state index is -1.07. The first-order chi connectivity index (χ1) is 8.19. The molecular formula is C14H14O3. The summed E-state index contributed by atoms with van der Waals surface area (Å²) >= 11 is 0. The minimum Gasteiger partial charge on any atom is -0.465 e. The molecule has 0 aliphatic carbocycles. The van der Waals surface area contributed by atoms with Gasteiger partial charge in [0.25, 0.3) is 0 Å². The summed E-state index contributed by atoms with van der Waals surface area (Å²) in [5.74, 6) is -0.634. The lowest BCUT2D eigenvalue weighted by atomic mass is 10.1. The van der Waals surface area contributed by atoms with Gasteiger partial charge in [-0.25, -0.2) is 4.79 Å². The average molecular weight is 230 g/mol. The van der Waals surface area contributed by atoms with Crippen molar-refractivity contribution in [3.63, 3.8) is 0 Å². The fourth-order valence-corrected chi connectivity index (χ4v) is 1.27. The van der Waals surface area contributed by atoms with Crippen molar-refractivity contribution in [2.24, 2.45) is 0 Å². The molecule has 1 aromatic carbocycles. The van der Waals surface area contributed by atoms with Gasteiger partial charge in [0.1, 0.15) is 11.7 Å². The van der Waals surface area contributed by atoms with Gasteiger partial charge in [0.2, 0.25) is 0 Å². The molecule has 0 amide bonds. The van der Waals surface area contributed by atoms with Crippen molar-refractivity contribution in [3.05, 3.63) is 59.9 Å². The third-order valence-electron chi connectivity index (χ3n) is 2.16. The van der Waals surface area contributed by atoms with E-state index in [4.69, 9.17) is 0 Å². The second-order valence-electron chi connectivity index (χ2n) is 3.30. The standard InChI is InChI=1S/C14H14O3/c1-3-12(14(16)17-2)13(15)10-9-11-7-5-4-6-8-11/h4-10,13,15H,1H2,2H3/b10-9+/t13-/m1/s1. The smallest absolute Gasteiger partial charge is 0.344 e. The molecule has 1 atom stereocenters. The molecule has 0 fully saturated rings. The largest absolute Gasteiger partial charge is 0.465 e. The van der Waals surface area contributed by atoms with Gasteiger partial charge in [-0.3, -0.25) is 0 Å². The number of esters is 1. The van der Waals surface area contributed by atoms with Crippen LogP contribution >= 0.6 is 0 Å². The Balaban J connectivity index is 2.78. The fraction of sp³-hybridized carbons (Fsp3) is 0.143. The van der Waals surface area contributed by atoms with E-state index in [1.165, 1.54) is 13.2 Å². The number of carbonyl (C=O) groups is 1. The molecule has 0 unspecified atom stereocenters. The van der Waals surface area contributed by atoms with Crippen molar-refractivity contribution < 1.29 is 14.6 Å². The topological polar surface area (TPSA) is 46.5 Å². The lowest BCUT2D eigenvalue weighted by Crippen LogP contribution is -2.16. The third kappa shape index (κ3) is 3.76. The van der Waals surface area contributed by atoms with Crippen LogP contribution in [-0.2, 0) is 9.53 Å². The summed E-state index contributed by atoms with van der Waals surface area (Å²) in [5.41, 5.74) is 3.31. The van der Waals surface area contributed by atoms with E-state index < -0.39 is 12.1 Å². The highest BCUT2D eigenvalue weighted by Gasteiger charge is 2.15. The molecule has 17 heavy (non-hydrogen) atoms. The highest BCUT2D eigenvalue weighted by molar-refractivity contribution is 5.89. The van der Waals surface area contributed by atoms with Crippen LogP contribution in [0.25, 0.3) is 6.08 Å². The van der Waals surface area contributed by atoms with Crippen LogP contribution in [0, 0.1) is 0 Å². The van der Waals surface area contributed by atoms with E-state index >= 15 is 0 Å². The van der Waals surface area contributed by atoms with Crippen LogP contribution in [0.3, 0.4) is 0 Å². The molecule has 0 bridgehead atoms. The average Bonchev–Trinajstić information content (AvgIpc) is 2.38. The Bertz CT molecular complexity index is 454. The second-order valence-corrected chi connectivity index (χ2v) is 3.30. The lowest BCUT2D eigenvalue weighted by Gasteiger charge is -2.06. The predicted molar refractivity (Wildman–Crippen MR) is 66.2 cm³/mol. The summed E-state index contributed by atoms with van der Waals surface area (Å²) in [6.45, 7) is 3.35. The molecule has 0 aromatic heterocycles. The zero-order chi connectivity index (χ0) is 12.7. The molecule has 3 heteroatoms. The number of hydrogen-bond acceptors (Lipinski definition) is 3. The van der Waals surface area contributed by atoms with Crippen LogP contribution in [0.15, 0.2) is 54.3 Å². The van der Waals surface area contributed by atoms with Gasteiger partial charge in [-0.05, 0) is 5.56 Å². The third-order valence-corrected chi connectivity index (χ3v) is 2.16. The number of methoxy groups -OCH3 is 1. The molecule has 1 aromatic rings. The van der Waals surface area contributed by atoms with E-state index in [2.05, 4.69) is 17.0 Å². The van der Waals surface area contributed by atoms with E-state index in [-0.39, 0.29) is 5.57 Å². The molecule has 0 aliphatic heterocycles. The Morgan fingerprint density at radius 3 is 2.65 bits per heavy atom. The highest BCUT2D eigenvalue weighted by Crippen LogP contribution is 2.08. The monoisotopic (exact) mass is 230 g/mol. The Hall–Kier alpha value is -2.09. The molecule has 1 rings (SSSR count). The van der Waals surface area contributed by atoms with E-state index in [1.807, 2.05) is 30.3 Å². The van der Waals surface area contributed by atoms with Crippen molar-refractivity contribution in [1.29, 1.82) is 0 Å². The highest BCUT2D eigenvalue weighted by atomic mass is 16.5. The molecule has 0 radical (unpaired) electrons. The Kier molecular flexibility index (Phi) is 4.95. The zero-order valence-corrected chi connectivity index (χ0v) is 9.59. The van der Waals surface area contributed by atoms with Crippen molar-refractivity contribution in [3.8, 4) is 0 Å². The molecule has 0 heterocycles. The Morgan fingerprint density at radius 1 is 1.47 bits per heavy atom. The Morgan fingerprint density at radius 2 is 2.12 bits per heavy atom. The molecule has 0 spiro atoms. The molecule has 0 aliphatic rings. The normalized spacial score (nSPS) is 11.9. The maximum Gasteiger partial charge on any atom is 0.344 e. The molecule has 1 N–H and O–H groups in total. The second kappa shape index (κ2) is 6.48. The predicted octanol–water partition coefficient (Wildman–Crippen LogP) is 1.95. The summed E-state index contributed by atoms with van der Waals surface area (Å²) in [5, 5.41) is 9.74. The van der Waals surface area contributed by atoms with Crippen LogP contribution in [0.4, 0.5) is 0 Å². The van der Waals surface area contributed by atoms with Gasteiger partial charge in [-0.2, -0.15) is 0 Å². The number of aliphatic hydroxyl groups excluding tert-OH is 1. The minimum absolute atomic E-state index is 0.000295. The molecule has 3 nitrogen and oxygen atoms in total. The maximum absolute atomic E-state index is 11.2. The fourth-order valence-electron chi connectivity index (χ4n) is 1.27. The van der Waals surface area contributed by atoms with E-state index in [0.29, 0.717) is 0 Å². The van der Waals surface area contributed by atoms with Crippen molar-refractivity contribution in [2.75, 3.05) is 7.11 Å². The summed E-state index contributed by atoms with van der Waals surface area (Å²) in [6, 6.07) is 9.45. The molecule has 0 saturated heterocycles. The number of benzene rings is 1. The van der Waals surface area contributed by atoms with E-state index in [1.54, 1.807) is 6.08 Å². The van der Waals surface area contributed by atoms with Crippen LogP contribution in [0.1, 0.15) is 5.56 Å². The molecule has 88 valence electrons. The summed E-state index contributed by atoms with van der Waals surface area (Å²) in [4.78, 5) is 11.2. The van der Waals surface area contributed by atoms with Gasteiger partial charge in [-0.15, -0.1) is 5.73 Å². The first kappa shape index (κ1) is 13.0. The van der Waals surface area contributed by atoms with Crippen LogP contribution in [0.5, 0.6) is 0 Å². The van der Waals surface area contributed by atoms with Gasteiger partial charge in [0, 0.05) is 0 Å². The van der Waals surface area contributed by atoms with Crippen molar-refractivity contribution >= 4 is 12.0 Å². The SMILES string of the molecule is C=C=C(C(=O)OC)[C@H](O)/C=C/c1ccccc1.